The van der Waals surface area contributed by atoms with Crippen LogP contribution in [0.5, 0.6) is 5.75 Å². The van der Waals surface area contributed by atoms with Gasteiger partial charge in [-0.1, -0.05) is 11.6 Å². The van der Waals surface area contributed by atoms with Crippen LogP contribution in [-0.2, 0) is 4.74 Å². The molecule has 0 saturated carbocycles. The third-order valence-corrected chi connectivity index (χ3v) is 5.45. The molecule has 0 aliphatic carbocycles. The van der Waals surface area contributed by atoms with E-state index in [0.717, 1.165) is 60.1 Å². The number of hydrogen-bond acceptors (Lipinski definition) is 6. The molecule has 4 rings (SSSR count). The maximum atomic E-state index is 6.36. The summed E-state index contributed by atoms with van der Waals surface area (Å²) in [5.74, 6) is 0.666. The van der Waals surface area contributed by atoms with E-state index in [0.29, 0.717) is 23.9 Å². The van der Waals surface area contributed by atoms with Crippen LogP contribution in [0.3, 0.4) is 0 Å². The van der Waals surface area contributed by atoms with E-state index in [2.05, 4.69) is 22.5 Å². The number of morpholine rings is 1. The SMILES string of the molecule is COc1cc(C)c(-c2cn3cc(NCCN)c(N4CCOCC4)cc3n2)cc1Cl. The molecule has 1 fully saturated rings. The molecule has 0 unspecified atom stereocenters. The Morgan fingerprint density at radius 1 is 1.24 bits per heavy atom. The molecular formula is C21H26ClN5O2. The van der Waals surface area contributed by atoms with Gasteiger partial charge in [0.2, 0.25) is 0 Å². The maximum absolute atomic E-state index is 6.36. The van der Waals surface area contributed by atoms with Crippen LogP contribution in [-0.4, -0.2) is 55.9 Å². The van der Waals surface area contributed by atoms with Gasteiger partial charge in [-0.2, -0.15) is 0 Å². The number of imidazole rings is 1. The van der Waals surface area contributed by atoms with Gasteiger partial charge in [-0.3, -0.25) is 0 Å². The Hall–Kier alpha value is -2.48. The van der Waals surface area contributed by atoms with Crippen LogP contribution in [0, 0.1) is 6.92 Å². The Labute approximate surface area is 175 Å². The van der Waals surface area contributed by atoms with Crippen molar-refractivity contribution in [3.8, 4) is 17.0 Å². The number of methoxy groups -OCH3 is 1. The summed E-state index contributed by atoms with van der Waals surface area (Å²) < 4.78 is 12.9. The van der Waals surface area contributed by atoms with E-state index in [-0.39, 0.29) is 0 Å². The summed E-state index contributed by atoms with van der Waals surface area (Å²) in [6.45, 7) is 6.47. The number of ether oxygens (including phenoxy) is 2. The molecule has 3 N–H and O–H groups in total. The van der Waals surface area contributed by atoms with Crippen LogP contribution in [0.15, 0.2) is 30.6 Å². The number of nitrogens with two attached hydrogens (primary N) is 1. The Balaban J connectivity index is 1.78. The van der Waals surface area contributed by atoms with Crippen molar-refractivity contribution in [2.24, 2.45) is 5.73 Å². The second kappa shape index (κ2) is 8.49. The highest BCUT2D eigenvalue weighted by Gasteiger charge is 2.18. The minimum atomic E-state index is 0.569. The molecule has 1 aromatic carbocycles. The average molecular weight is 416 g/mol. The van der Waals surface area contributed by atoms with Gasteiger partial charge in [0.1, 0.15) is 11.4 Å². The number of fused-ring (bicyclic) bond motifs is 1. The first-order chi connectivity index (χ1) is 14.1. The van der Waals surface area contributed by atoms with Gasteiger partial charge in [0.05, 0.1) is 42.4 Å². The Morgan fingerprint density at radius 3 is 2.76 bits per heavy atom. The quantitative estimate of drug-likeness (QED) is 0.644. The number of rotatable bonds is 6. The van der Waals surface area contributed by atoms with Crippen molar-refractivity contribution in [1.29, 1.82) is 0 Å². The molecule has 3 heterocycles. The summed E-state index contributed by atoms with van der Waals surface area (Å²) >= 11 is 6.36. The number of nitrogens with one attached hydrogen (secondary N) is 1. The van der Waals surface area contributed by atoms with E-state index in [1.807, 2.05) is 29.7 Å². The van der Waals surface area contributed by atoms with Crippen LogP contribution in [0.1, 0.15) is 5.56 Å². The van der Waals surface area contributed by atoms with Gasteiger partial charge in [0, 0.05) is 50.2 Å². The molecule has 0 atom stereocenters. The van der Waals surface area contributed by atoms with E-state index < -0.39 is 0 Å². The molecule has 1 aliphatic heterocycles. The molecule has 0 amide bonds. The Bertz CT molecular complexity index is 1010. The van der Waals surface area contributed by atoms with Crippen molar-refractivity contribution in [3.63, 3.8) is 0 Å². The highest BCUT2D eigenvalue weighted by Crippen LogP contribution is 2.34. The fourth-order valence-electron chi connectivity index (χ4n) is 3.65. The molecule has 7 nitrogen and oxygen atoms in total. The summed E-state index contributed by atoms with van der Waals surface area (Å²) in [6.07, 6.45) is 4.10. The minimum Gasteiger partial charge on any atom is -0.495 e. The van der Waals surface area contributed by atoms with Gasteiger partial charge in [-0.05, 0) is 24.6 Å². The first-order valence-electron chi connectivity index (χ1n) is 9.74. The lowest BCUT2D eigenvalue weighted by Crippen LogP contribution is -2.36. The number of nitrogens with zero attached hydrogens (tertiary/aromatic N) is 3. The average Bonchev–Trinajstić information content (AvgIpc) is 3.16. The van der Waals surface area contributed by atoms with E-state index in [1.165, 1.54) is 0 Å². The molecule has 3 aromatic rings. The second-order valence-corrected chi connectivity index (χ2v) is 7.49. The molecule has 8 heteroatoms. The minimum absolute atomic E-state index is 0.569. The first kappa shape index (κ1) is 19.8. The molecule has 154 valence electrons. The third-order valence-electron chi connectivity index (χ3n) is 5.16. The molecule has 1 saturated heterocycles. The lowest BCUT2D eigenvalue weighted by molar-refractivity contribution is 0.123. The largest absolute Gasteiger partial charge is 0.495 e. The van der Waals surface area contributed by atoms with Gasteiger partial charge >= 0.3 is 0 Å². The fourth-order valence-corrected chi connectivity index (χ4v) is 3.89. The Morgan fingerprint density at radius 2 is 2.03 bits per heavy atom. The van der Waals surface area contributed by atoms with Crippen molar-refractivity contribution >= 4 is 28.6 Å². The number of halogens is 1. The molecule has 0 radical (unpaired) electrons. The summed E-state index contributed by atoms with van der Waals surface area (Å²) in [7, 11) is 1.62. The molecule has 0 bridgehead atoms. The number of pyridine rings is 1. The van der Waals surface area contributed by atoms with E-state index in [1.54, 1.807) is 7.11 Å². The summed E-state index contributed by atoms with van der Waals surface area (Å²) in [5, 5.41) is 4.02. The van der Waals surface area contributed by atoms with Crippen molar-refractivity contribution in [1.82, 2.24) is 9.38 Å². The van der Waals surface area contributed by atoms with Crippen LogP contribution < -0.4 is 20.7 Å². The van der Waals surface area contributed by atoms with Crippen LogP contribution in [0.4, 0.5) is 11.4 Å². The van der Waals surface area contributed by atoms with Crippen molar-refractivity contribution in [2.75, 3.05) is 56.7 Å². The molecule has 29 heavy (non-hydrogen) atoms. The predicted octanol–water partition coefficient (Wildman–Crippen LogP) is 3.18. The zero-order valence-electron chi connectivity index (χ0n) is 16.7. The topological polar surface area (TPSA) is 77.0 Å². The van der Waals surface area contributed by atoms with Gasteiger partial charge < -0.3 is 29.8 Å². The molecule has 2 aromatic heterocycles. The monoisotopic (exact) mass is 415 g/mol. The maximum Gasteiger partial charge on any atom is 0.139 e. The number of anilines is 2. The van der Waals surface area contributed by atoms with Crippen molar-refractivity contribution in [2.45, 2.75) is 6.92 Å². The third kappa shape index (κ3) is 3.99. The van der Waals surface area contributed by atoms with E-state index >= 15 is 0 Å². The van der Waals surface area contributed by atoms with Crippen LogP contribution in [0.2, 0.25) is 5.02 Å². The van der Waals surface area contributed by atoms with E-state index in [9.17, 15) is 0 Å². The number of aromatic nitrogens is 2. The highest BCUT2D eigenvalue weighted by atomic mass is 35.5. The number of hydrogen-bond donors (Lipinski definition) is 2. The normalized spacial score (nSPS) is 14.4. The van der Waals surface area contributed by atoms with Crippen molar-refractivity contribution in [3.05, 3.63) is 41.2 Å². The number of benzene rings is 1. The van der Waals surface area contributed by atoms with Crippen LogP contribution >= 0.6 is 11.6 Å². The smallest absolute Gasteiger partial charge is 0.139 e. The van der Waals surface area contributed by atoms with Gasteiger partial charge in [0.25, 0.3) is 0 Å². The van der Waals surface area contributed by atoms with E-state index in [4.69, 9.17) is 31.8 Å². The van der Waals surface area contributed by atoms with Crippen LogP contribution in [0.25, 0.3) is 16.9 Å². The highest BCUT2D eigenvalue weighted by molar-refractivity contribution is 6.32. The Kier molecular flexibility index (Phi) is 5.80. The van der Waals surface area contributed by atoms with Gasteiger partial charge in [-0.15, -0.1) is 0 Å². The molecular weight excluding hydrogens is 390 g/mol. The number of aryl methyl sites for hydroxylation is 1. The first-order valence-corrected chi connectivity index (χ1v) is 10.1. The zero-order valence-corrected chi connectivity index (χ0v) is 17.5. The molecule has 0 spiro atoms. The lowest BCUT2D eigenvalue weighted by Gasteiger charge is -2.30. The summed E-state index contributed by atoms with van der Waals surface area (Å²) in [6, 6.07) is 5.97. The predicted molar refractivity (Wildman–Crippen MR) is 118 cm³/mol. The fraction of sp³-hybridized carbons (Fsp3) is 0.381. The van der Waals surface area contributed by atoms with Gasteiger partial charge in [0.15, 0.2) is 0 Å². The lowest BCUT2D eigenvalue weighted by atomic mass is 10.1. The standard InChI is InChI=1S/C21H26ClN5O2/c1-14-9-20(28-2)16(22)10-15(14)17-12-27-13-18(24-4-3-23)19(11-21(27)25-17)26-5-7-29-8-6-26/h9-13,24H,3-8,23H2,1-2H3. The summed E-state index contributed by atoms with van der Waals surface area (Å²) in [5.41, 5.74) is 11.7. The van der Waals surface area contributed by atoms with Gasteiger partial charge in [-0.25, -0.2) is 4.98 Å². The van der Waals surface area contributed by atoms with Crippen molar-refractivity contribution < 1.29 is 9.47 Å². The second-order valence-electron chi connectivity index (χ2n) is 7.08. The molecule has 1 aliphatic rings. The zero-order chi connectivity index (χ0) is 20.4. The summed E-state index contributed by atoms with van der Waals surface area (Å²) in [4.78, 5) is 7.20.